The van der Waals surface area contributed by atoms with Gasteiger partial charge in [0.1, 0.15) is 12.4 Å². The number of nitrogens with one attached hydrogen (secondary N) is 1. The first-order valence-corrected chi connectivity index (χ1v) is 9.85. The van der Waals surface area contributed by atoms with Crippen LogP contribution in [-0.4, -0.2) is 50.3 Å². The van der Waals surface area contributed by atoms with Crippen molar-refractivity contribution in [1.82, 2.24) is 10.2 Å². The first-order chi connectivity index (χ1) is 14.4. The van der Waals surface area contributed by atoms with Crippen molar-refractivity contribution < 1.29 is 27.4 Å². The number of halogens is 3. The normalized spacial score (nSPS) is 15.0. The van der Waals surface area contributed by atoms with E-state index in [1.807, 2.05) is 24.3 Å². The summed E-state index contributed by atoms with van der Waals surface area (Å²) in [5.74, 6) is 0.478. The maximum absolute atomic E-state index is 12.6. The summed E-state index contributed by atoms with van der Waals surface area (Å²) in [7, 11) is 0. The van der Waals surface area contributed by atoms with Gasteiger partial charge in [-0.25, -0.2) is 0 Å². The predicted molar refractivity (Wildman–Crippen MR) is 106 cm³/mol. The van der Waals surface area contributed by atoms with E-state index >= 15 is 0 Å². The van der Waals surface area contributed by atoms with Crippen molar-refractivity contribution in [2.75, 3.05) is 39.5 Å². The number of carbonyl (C=O) groups is 1. The van der Waals surface area contributed by atoms with E-state index in [0.717, 1.165) is 56.3 Å². The van der Waals surface area contributed by atoms with E-state index in [1.54, 1.807) is 0 Å². The second-order valence-electron chi connectivity index (χ2n) is 7.10. The quantitative estimate of drug-likeness (QED) is 0.710. The summed E-state index contributed by atoms with van der Waals surface area (Å²) in [5, 5.41) is 2.79. The fourth-order valence-electron chi connectivity index (χ4n) is 3.12. The molecular weight excluding hydrogens is 397 g/mol. The van der Waals surface area contributed by atoms with Gasteiger partial charge >= 0.3 is 6.18 Å². The van der Waals surface area contributed by atoms with Crippen molar-refractivity contribution in [1.29, 1.82) is 0 Å². The highest BCUT2D eigenvalue weighted by Gasteiger charge is 2.29. The summed E-state index contributed by atoms with van der Waals surface area (Å²) in [6.45, 7) is 5.05. The fourth-order valence-corrected chi connectivity index (χ4v) is 3.12. The summed E-state index contributed by atoms with van der Waals surface area (Å²) in [6, 6.07) is 12.1. The molecule has 0 unspecified atom stereocenters. The molecule has 2 aromatic rings. The van der Waals surface area contributed by atoms with Gasteiger partial charge in [-0.1, -0.05) is 24.3 Å². The van der Waals surface area contributed by atoms with Crippen LogP contribution in [0, 0.1) is 0 Å². The minimum Gasteiger partial charge on any atom is -0.492 e. The van der Waals surface area contributed by atoms with E-state index in [2.05, 4.69) is 10.2 Å². The minimum atomic E-state index is -4.38. The van der Waals surface area contributed by atoms with Crippen molar-refractivity contribution in [3.8, 4) is 5.75 Å². The lowest BCUT2D eigenvalue weighted by Gasteiger charge is -2.26. The second kappa shape index (κ2) is 10.4. The summed E-state index contributed by atoms with van der Waals surface area (Å²) in [6.07, 6.45) is -4.36. The highest BCUT2D eigenvalue weighted by atomic mass is 19.4. The molecule has 8 heteroatoms. The molecule has 0 aromatic heterocycles. The summed E-state index contributed by atoms with van der Waals surface area (Å²) < 4.78 is 48.9. The van der Waals surface area contributed by atoms with Gasteiger partial charge in [0.15, 0.2) is 0 Å². The molecule has 5 nitrogen and oxygen atoms in total. The molecular formula is C22H25F3N2O3. The van der Waals surface area contributed by atoms with Crippen LogP contribution in [0.15, 0.2) is 48.5 Å². The third kappa shape index (κ3) is 7.03. The smallest absolute Gasteiger partial charge is 0.416 e. The van der Waals surface area contributed by atoms with Crippen LogP contribution in [0.4, 0.5) is 13.2 Å². The van der Waals surface area contributed by atoms with Gasteiger partial charge in [-0.05, 0) is 35.4 Å². The molecule has 1 fully saturated rings. The van der Waals surface area contributed by atoms with Crippen LogP contribution in [0.1, 0.15) is 16.7 Å². The number of benzene rings is 2. The third-order valence-corrected chi connectivity index (χ3v) is 4.81. The lowest BCUT2D eigenvalue weighted by atomic mass is 10.1. The first-order valence-electron chi connectivity index (χ1n) is 9.85. The van der Waals surface area contributed by atoms with Gasteiger partial charge in [-0.15, -0.1) is 0 Å². The molecule has 1 heterocycles. The SMILES string of the molecule is O=C(Cc1ccc(C(F)(F)F)cc1)NCc1cccc(OCCN2CCOCC2)c1. The summed E-state index contributed by atoms with van der Waals surface area (Å²) >= 11 is 0. The molecule has 0 atom stereocenters. The average Bonchev–Trinajstić information content (AvgIpc) is 2.73. The lowest BCUT2D eigenvalue weighted by molar-refractivity contribution is -0.137. The Hall–Kier alpha value is -2.58. The molecule has 0 spiro atoms. The Balaban J connectivity index is 1.42. The minimum absolute atomic E-state index is 0.0217. The number of hydrogen-bond donors (Lipinski definition) is 1. The van der Waals surface area contributed by atoms with E-state index in [9.17, 15) is 18.0 Å². The Labute approximate surface area is 173 Å². The van der Waals surface area contributed by atoms with Crippen molar-refractivity contribution >= 4 is 5.91 Å². The number of hydrogen-bond acceptors (Lipinski definition) is 4. The monoisotopic (exact) mass is 422 g/mol. The maximum atomic E-state index is 12.6. The Bertz CT molecular complexity index is 819. The summed E-state index contributed by atoms with van der Waals surface area (Å²) in [5.41, 5.74) is 0.692. The number of ether oxygens (including phenoxy) is 2. The molecule has 1 aliphatic heterocycles. The van der Waals surface area contributed by atoms with Crippen LogP contribution in [0.25, 0.3) is 0 Å². The van der Waals surface area contributed by atoms with Crippen LogP contribution in [0.2, 0.25) is 0 Å². The average molecular weight is 422 g/mol. The van der Waals surface area contributed by atoms with E-state index in [0.29, 0.717) is 18.7 Å². The zero-order valence-electron chi connectivity index (χ0n) is 16.6. The zero-order chi connectivity index (χ0) is 21.4. The molecule has 1 amide bonds. The lowest BCUT2D eigenvalue weighted by Crippen LogP contribution is -2.38. The van der Waals surface area contributed by atoms with Crippen molar-refractivity contribution in [2.24, 2.45) is 0 Å². The Morgan fingerprint density at radius 3 is 2.50 bits per heavy atom. The molecule has 3 rings (SSSR count). The van der Waals surface area contributed by atoms with E-state index in [1.165, 1.54) is 12.1 Å². The standard InChI is InChI=1S/C22H25F3N2O3/c23-22(24,25)19-6-4-17(5-7-19)15-21(28)26-16-18-2-1-3-20(14-18)30-13-10-27-8-11-29-12-9-27/h1-7,14H,8-13,15-16H2,(H,26,28). The molecule has 0 aliphatic carbocycles. The summed E-state index contributed by atoms with van der Waals surface area (Å²) in [4.78, 5) is 14.4. The third-order valence-electron chi connectivity index (χ3n) is 4.81. The van der Waals surface area contributed by atoms with Crippen LogP contribution in [0.3, 0.4) is 0 Å². The molecule has 0 saturated carbocycles. The van der Waals surface area contributed by atoms with Gasteiger partial charge in [-0.2, -0.15) is 13.2 Å². The zero-order valence-corrected chi connectivity index (χ0v) is 16.6. The van der Waals surface area contributed by atoms with E-state index < -0.39 is 11.7 Å². The number of carbonyl (C=O) groups excluding carboxylic acids is 1. The largest absolute Gasteiger partial charge is 0.492 e. The van der Waals surface area contributed by atoms with Crippen molar-refractivity contribution in [2.45, 2.75) is 19.1 Å². The fraction of sp³-hybridized carbons (Fsp3) is 0.409. The molecule has 0 bridgehead atoms. The molecule has 1 aliphatic rings. The Kier molecular flexibility index (Phi) is 7.70. The number of morpholine rings is 1. The second-order valence-corrected chi connectivity index (χ2v) is 7.10. The van der Waals surface area contributed by atoms with Crippen LogP contribution >= 0.6 is 0 Å². The van der Waals surface area contributed by atoms with E-state index in [-0.39, 0.29) is 12.3 Å². The van der Waals surface area contributed by atoms with Gasteiger partial charge in [0, 0.05) is 26.2 Å². The van der Waals surface area contributed by atoms with E-state index in [4.69, 9.17) is 9.47 Å². The van der Waals surface area contributed by atoms with Crippen LogP contribution in [-0.2, 0) is 28.7 Å². The first kappa shape index (κ1) is 22.1. The highest BCUT2D eigenvalue weighted by Crippen LogP contribution is 2.29. The van der Waals surface area contributed by atoms with Crippen molar-refractivity contribution in [3.05, 3.63) is 65.2 Å². The molecule has 2 aromatic carbocycles. The number of rotatable bonds is 8. The van der Waals surface area contributed by atoms with Crippen molar-refractivity contribution in [3.63, 3.8) is 0 Å². The Morgan fingerprint density at radius 1 is 1.07 bits per heavy atom. The molecule has 1 saturated heterocycles. The van der Waals surface area contributed by atoms with Gasteiger partial charge < -0.3 is 14.8 Å². The van der Waals surface area contributed by atoms with Gasteiger partial charge in [0.2, 0.25) is 5.91 Å². The van der Waals surface area contributed by atoms with Gasteiger partial charge in [0.25, 0.3) is 0 Å². The maximum Gasteiger partial charge on any atom is 0.416 e. The van der Waals surface area contributed by atoms with Gasteiger partial charge in [-0.3, -0.25) is 9.69 Å². The highest BCUT2D eigenvalue weighted by molar-refractivity contribution is 5.78. The number of nitrogens with zero attached hydrogens (tertiary/aromatic N) is 1. The van der Waals surface area contributed by atoms with Gasteiger partial charge in [0.05, 0.1) is 25.2 Å². The van der Waals surface area contributed by atoms with Crippen LogP contribution < -0.4 is 10.1 Å². The van der Waals surface area contributed by atoms with Crippen LogP contribution in [0.5, 0.6) is 5.75 Å². The molecule has 1 N–H and O–H groups in total. The number of amides is 1. The topological polar surface area (TPSA) is 50.8 Å². The molecule has 30 heavy (non-hydrogen) atoms. The number of alkyl halides is 3. The Morgan fingerprint density at radius 2 is 1.80 bits per heavy atom. The molecule has 162 valence electrons. The predicted octanol–water partition coefficient (Wildman–Crippen LogP) is 3.28. The molecule has 0 radical (unpaired) electrons.